The number of rotatable bonds is 2. The summed E-state index contributed by atoms with van der Waals surface area (Å²) in [5, 5.41) is 0. The fourth-order valence-corrected chi connectivity index (χ4v) is 2.73. The summed E-state index contributed by atoms with van der Waals surface area (Å²) in [6.45, 7) is 0.543. The summed E-state index contributed by atoms with van der Waals surface area (Å²) < 4.78 is 15.2. The van der Waals surface area contributed by atoms with Crippen LogP contribution in [-0.2, 0) is 0 Å². The van der Waals surface area contributed by atoms with Crippen LogP contribution >= 0.6 is 0 Å². The number of anilines is 1. The molecule has 0 spiro atoms. The molecule has 0 saturated carbocycles. The standard InChI is InChI=1S/C18H16FN7/c1-25-9-7-15(22-10-25)26-11-23-16(12-2-4-13(19)5-3-12)17(26)14-6-8-21-18(20)24-14/h2-9,11H,10H2,1H3,(H2,20,21,24). The number of aliphatic imine (C=N–C) groups is 1. The quantitative estimate of drug-likeness (QED) is 0.768. The van der Waals surface area contributed by atoms with Gasteiger partial charge in [-0.2, -0.15) is 0 Å². The lowest BCUT2D eigenvalue weighted by atomic mass is 10.1. The molecule has 8 heteroatoms. The molecule has 0 radical (unpaired) electrons. The lowest BCUT2D eigenvalue weighted by Gasteiger charge is -2.18. The number of allylic oxidation sites excluding steroid dienone is 1. The number of benzene rings is 1. The number of nitrogens with two attached hydrogens (primary N) is 1. The summed E-state index contributed by atoms with van der Waals surface area (Å²) >= 11 is 0. The second-order valence-electron chi connectivity index (χ2n) is 5.85. The van der Waals surface area contributed by atoms with Crippen LogP contribution in [0.3, 0.4) is 0 Å². The summed E-state index contributed by atoms with van der Waals surface area (Å²) in [6, 6.07) is 7.93. The van der Waals surface area contributed by atoms with Gasteiger partial charge < -0.3 is 10.6 Å². The number of nitrogen functional groups attached to an aromatic ring is 1. The van der Waals surface area contributed by atoms with Crippen LogP contribution in [0.4, 0.5) is 10.3 Å². The van der Waals surface area contributed by atoms with Gasteiger partial charge in [0.2, 0.25) is 5.95 Å². The van der Waals surface area contributed by atoms with Gasteiger partial charge in [-0.25, -0.2) is 24.3 Å². The smallest absolute Gasteiger partial charge is 0.220 e. The molecule has 7 nitrogen and oxygen atoms in total. The third kappa shape index (κ3) is 2.92. The number of aromatic nitrogens is 4. The van der Waals surface area contributed by atoms with Crippen LogP contribution in [0.2, 0.25) is 0 Å². The molecular formula is C18H16FN7. The van der Waals surface area contributed by atoms with Crippen molar-refractivity contribution in [2.24, 2.45) is 4.99 Å². The van der Waals surface area contributed by atoms with Crippen molar-refractivity contribution in [1.29, 1.82) is 0 Å². The molecule has 0 atom stereocenters. The van der Waals surface area contributed by atoms with Gasteiger partial charge in [0, 0.05) is 25.0 Å². The van der Waals surface area contributed by atoms with Crippen molar-refractivity contribution in [1.82, 2.24) is 24.4 Å². The number of hydrogen-bond acceptors (Lipinski definition) is 6. The molecule has 0 bridgehead atoms. The molecule has 2 aromatic heterocycles. The van der Waals surface area contributed by atoms with Crippen molar-refractivity contribution in [3.63, 3.8) is 0 Å². The Labute approximate surface area is 149 Å². The largest absolute Gasteiger partial charge is 0.368 e. The van der Waals surface area contributed by atoms with Gasteiger partial charge in [-0.1, -0.05) is 0 Å². The van der Waals surface area contributed by atoms with E-state index in [1.807, 2.05) is 28.8 Å². The van der Waals surface area contributed by atoms with Crippen molar-refractivity contribution in [2.45, 2.75) is 0 Å². The van der Waals surface area contributed by atoms with Crippen molar-refractivity contribution >= 4 is 11.8 Å². The number of imidazole rings is 1. The van der Waals surface area contributed by atoms with Crippen LogP contribution in [0, 0.1) is 5.82 Å². The molecule has 1 aromatic carbocycles. The summed E-state index contributed by atoms with van der Waals surface area (Å²) in [4.78, 5) is 19.3. The summed E-state index contributed by atoms with van der Waals surface area (Å²) in [5.74, 6) is 0.598. The third-order valence-electron chi connectivity index (χ3n) is 3.98. The van der Waals surface area contributed by atoms with E-state index in [2.05, 4.69) is 19.9 Å². The SMILES string of the molecule is CN1C=CC(n2cnc(-c3ccc(F)cc3)c2-c2ccnc(N)n2)=NC1. The Morgan fingerprint density at radius 1 is 1.12 bits per heavy atom. The van der Waals surface area contributed by atoms with Gasteiger partial charge in [-0.15, -0.1) is 0 Å². The van der Waals surface area contributed by atoms with Gasteiger partial charge >= 0.3 is 0 Å². The average Bonchev–Trinajstić information content (AvgIpc) is 3.08. The lowest BCUT2D eigenvalue weighted by Crippen LogP contribution is -2.21. The summed E-state index contributed by atoms with van der Waals surface area (Å²) in [5.41, 5.74) is 8.54. The molecular weight excluding hydrogens is 333 g/mol. The fourth-order valence-electron chi connectivity index (χ4n) is 2.73. The van der Waals surface area contributed by atoms with Crippen molar-refractivity contribution in [3.8, 4) is 22.6 Å². The van der Waals surface area contributed by atoms with E-state index in [4.69, 9.17) is 5.73 Å². The highest BCUT2D eigenvalue weighted by Gasteiger charge is 2.19. The van der Waals surface area contributed by atoms with E-state index in [9.17, 15) is 4.39 Å². The molecule has 3 heterocycles. The van der Waals surface area contributed by atoms with Gasteiger partial charge in [-0.05, 0) is 36.4 Å². The van der Waals surface area contributed by atoms with E-state index in [1.54, 1.807) is 30.7 Å². The Hall–Kier alpha value is -3.55. The monoisotopic (exact) mass is 349 g/mol. The average molecular weight is 349 g/mol. The highest BCUT2D eigenvalue weighted by molar-refractivity contribution is 5.99. The van der Waals surface area contributed by atoms with Gasteiger partial charge in [0.1, 0.15) is 30.3 Å². The number of hydrogen-bond donors (Lipinski definition) is 1. The first kappa shape index (κ1) is 15.9. The molecule has 0 amide bonds. The van der Waals surface area contributed by atoms with E-state index in [1.165, 1.54) is 12.1 Å². The Bertz CT molecular complexity index is 1000. The Balaban J connectivity index is 1.90. The van der Waals surface area contributed by atoms with Crippen LogP contribution in [0.25, 0.3) is 22.6 Å². The first-order valence-electron chi connectivity index (χ1n) is 7.97. The summed E-state index contributed by atoms with van der Waals surface area (Å²) in [6.07, 6.45) is 7.11. The predicted octanol–water partition coefficient (Wildman–Crippen LogP) is 2.39. The van der Waals surface area contributed by atoms with E-state index < -0.39 is 0 Å². The fraction of sp³-hybridized carbons (Fsp3) is 0.111. The molecule has 1 aliphatic heterocycles. The van der Waals surface area contributed by atoms with E-state index in [0.717, 1.165) is 17.1 Å². The minimum atomic E-state index is -0.302. The van der Waals surface area contributed by atoms with Gasteiger partial charge in [0.15, 0.2) is 0 Å². The third-order valence-corrected chi connectivity index (χ3v) is 3.98. The van der Waals surface area contributed by atoms with Crippen LogP contribution in [-0.4, -0.2) is 44.0 Å². The first-order chi connectivity index (χ1) is 12.6. The molecule has 2 N–H and O–H groups in total. The normalized spacial score (nSPS) is 13.8. The zero-order valence-corrected chi connectivity index (χ0v) is 14.0. The van der Waals surface area contributed by atoms with E-state index >= 15 is 0 Å². The van der Waals surface area contributed by atoms with E-state index in [-0.39, 0.29) is 11.8 Å². The number of halogens is 1. The maximum Gasteiger partial charge on any atom is 0.220 e. The predicted molar refractivity (Wildman–Crippen MR) is 97.7 cm³/mol. The van der Waals surface area contributed by atoms with Crippen molar-refractivity contribution < 1.29 is 4.39 Å². The number of nitrogens with zero attached hydrogens (tertiary/aromatic N) is 6. The van der Waals surface area contributed by atoms with Crippen LogP contribution in [0.5, 0.6) is 0 Å². The van der Waals surface area contributed by atoms with Crippen LogP contribution < -0.4 is 5.73 Å². The molecule has 26 heavy (non-hydrogen) atoms. The molecule has 0 saturated heterocycles. The van der Waals surface area contributed by atoms with E-state index in [0.29, 0.717) is 18.1 Å². The maximum atomic E-state index is 13.3. The highest BCUT2D eigenvalue weighted by atomic mass is 19.1. The Kier molecular flexibility index (Phi) is 3.92. The Morgan fingerprint density at radius 2 is 1.92 bits per heavy atom. The zero-order valence-electron chi connectivity index (χ0n) is 14.0. The van der Waals surface area contributed by atoms with Gasteiger partial charge in [0.05, 0.1) is 11.4 Å². The van der Waals surface area contributed by atoms with Gasteiger partial charge in [-0.3, -0.25) is 4.57 Å². The van der Waals surface area contributed by atoms with Crippen LogP contribution in [0.15, 0.2) is 60.1 Å². The highest BCUT2D eigenvalue weighted by Crippen LogP contribution is 2.30. The molecule has 0 aliphatic carbocycles. The molecule has 130 valence electrons. The van der Waals surface area contributed by atoms with Crippen molar-refractivity contribution in [2.75, 3.05) is 19.5 Å². The zero-order chi connectivity index (χ0) is 18.1. The lowest BCUT2D eigenvalue weighted by molar-refractivity contribution is 0.467. The molecule has 0 unspecified atom stereocenters. The second-order valence-corrected chi connectivity index (χ2v) is 5.85. The molecule has 1 aliphatic rings. The van der Waals surface area contributed by atoms with Crippen LogP contribution in [0.1, 0.15) is 0 Å². The topological polar surface area (TPSA) is 85.2 Å². The van der Waals surface area contributed by atoms with Gasteiger partial charge in [0.25, 0.3) is 0 Å². The second kappa shape index (κ2) is 6.40. The minimum absolute atomic E-state index is 0.168. The van der Waals surface area contributed by atoms with Crippen molar-refractivity contribution in [3.05, 3.63) is 60.9 Å². The molecule has 0 fully saturated rings. The molecule has 3 aromatic rings. The Morgan fingerprint density at radius 3 is 2.62 bits per heavy atom. The minimum Gasteiger partial charge on any atom is -0.368 e. The molecule has 4 rings (SSSR count). The maximum absolute atomic E-state index is 13.3. The first-order valence-corrected chi connectivity index (χ1v) is 7.97. The summed E-state index contributed by atoms with van der Waals surface area (Å²) in [7, 11) is 1.95.